The molecule has 5 heterocycles. The zero-order chi connectivity index (χ0) is 27.1. The van der Waals surface area contributed by atoms with Crippen molar-refractivity contribution in [3.63, 3.8) is 0 Å². The fourth-order valence-electron chi connectivity index (χ4n) is 5.65. The summed E-state index contributed by atoms with van der Waals surface area (Å²) in [7, 11) is 0. The van der Waals surface area contributed by atoms with Gasteiger partial charge < -0.3 is 9.97 Å². The monoisotopic (exact) mass is 612 g/mol. The molecular weight excluding hydrogens is 597 g/mol. The van der Waals surface area contributed by atoms with E-state index in [9.17, 15) is 0 Å². The van der Waals surface area contributed by atoms with Crippen molar-refractivity contribution in [2.45, 2.75) is 0 Å². The molecular formula is C32H17ClN8Zn+2. The molecule has 0 radical (unpaired) electrons. The van der Waals surface area contributed by atoms with Gasteiger partial charge in [-0.3, -0.25) is 0 Å². The smallest absolute Gasteiger partial charge is 0.324 e. The molecule has 0 spiro atoms. The summed E-state index contributed by atoms with van der Waals surface area (Å²) in [4.78, 5) is 36.6. The van der Waals surface area contributed by atoms with Crippen LogP contribution in [0.4, 0.5) is 0 Å². The zero-order valence-corrected chi connectivity index (χ0v) is 25.7. The Morgan fingerprint density at radius 2 is 0.786 bits per heavy atom. The largest absolute Gasteiger partial charge is 2.00 e. The Hall–Kier alpha value is -4.85. The van der Waals surface area contributed by atoms with Crippen LogP contribution in [0.15, 0.2) is 91.0 Å². The number of aromatic amines is 2. The normalized spacial score (nSPS) is 11.7. The number of hydrogen-bond donors (Lipinski definition) is 2. The molecule has 2 aliphatic rings. The second kappa shape index (κ2) is 9.34. The molecule has 0 atom stereocenters. The van der Waals surface area contributed by atoms with Gasteiger partial charge in [0.15, 0.2) is 23.3 Å². The summed E-state index contributed by atoms with van der Waals surface area (Å²) in [5, 5.41) is 4.05. The van der Waals surface area contributed by atoms with Crippen LogP contribution in [0.2, 0.25) is 5.02 Å². The summed E-state index contributed by atoms with van der Waals surface area (Å²) < 4.78 is 0. The van der Waals surface area contributed by atoms with Crippen molar-refractivity contribution >= 4 is 55.7 Å². The Labute approximate surface area is 255 Å². The molecule has 9 rings (SSSR count). The number of aromatic nitrogens is 8. The number of halogens is 1. The van der Waals surface area contributed by atoms with Crippen LogP contribution in [0.25, 0.3) is 89.7 Å². The molecule has 8 bridgehead atoms. The second-order valence-corrected chi connectivity index (χ2v) is 10.3. The standard InChI is InChI=1S/C32H17ClN8.Zn/c33-23-15-7-14-22-24(23)32-40-30-21-13-6-5-12-20(21)28(38-30)36-26-17-9-2-1-8-16(17)25(34-26)35-27-18-10-3-4-11-19(18)29(37-27)39-31(22)41-32;/h1-15H,(H2,34,35,36,37,38,39,40,41);/q;+2. The van der Waals surface area contributed by atoms with E-state index >= 15 is 0 Å². The molecule has 2 aliphatic heterocycles. The van der Waals surface area contributed by atoms with Crippen molar-refractivity contribution in [3.8, 4) is 45.6 Å². The van der Waals surface area contributed by atoms with Gasteiger partial charge in [0.1, 0.15) is 22.6 Å². The van der Waals surface area contributed by atoms with Crippen LogP contribution in [0, 0.1) is 0 Å². The molecule has 4 aromatic carbocycles. The quantitative estimate of drug-likeness (QED) is 0.171. The number of nitrogens with one attached hydrogen (secondary N) is 2. The third-order valence-corrected chi connectivity index (χ3v) is 7.84. The van der Waals surface area contributed by atoms with Gasteiger partial charge in [-0.25, -0.2) is 29.9 Å². The molecule has 0 amide bonds. The van der Waals surface area contributed by atoms with Gasteiger partial charge in [-0.15, -0.1) is 0 Å². The molecule has 0 fully saturated rings. The van der Waals surface area contributed by atoms with Crippen LogP contribution in [-0.4, -0.2) is 39.9 Å². The summed E-state index contributed by atoms with van der Waals surface area (Å²) >= 11 is 6.73. The summed E-state index contributed by atoms with van der Waals surface area (Å²) in [5.74, 6) is 2.24. The Balaban J connectivity index is 0.00000267. The first-order valence-corrected chi connectivity index (χ1v) is 13.5. The van der Waals surface area contributed by atoms with E-state index in [1.54, 1.807) is 0 Å². The Morgan fingerprint density at radius 1 is 0.405 bits per heavy atom. The predicted molar refractivity (Wildman–Crippen MR) is 161 cm³/mol. The van der Waals surface area contributed by atoms with Gasteiger partial charge >= 0.3 is 19.5 Å². The minimum absolute atomic E-state index is 0. The van der Waals surface area contributed by atoms with E-state index in [2.05, 4.69) is 9.97 Å². The van der Waals surface area contributed by atoms with Crippen LogP contribution < -0.4 is 0 Å². The average molecular weight is 614 g/mol. The molecule has 2 N–H and O–H groups in total. The van der Waals surface area contributed by atoms with Crippen LogP contribution in [0.3, 0.4) is 0 Å². The summed E-state index contributed by atoms with van der Waals surface area (Å²) in [6, 6.07) is 29.7. The van der Waals surface area contributed by atoms with Crippen molar-refractivity contribution in [1.82, 2.24) is 39.9 Å². The SMILES string of the molecule is Clc1cccc2c3nc4nc(nc5[nH]c(nc6nc(nc([nH]3)c12)-c1ccccc1-6)c1ccccc51)-c1ccccc1-4.[Zn+2]. The fourth-order valence-corrected chi connectivity index (χ4v) is 5.91. The third-order valence-electron chi connectivity index (χ3n) is 7.53. The van der Waals surface area contributed by atoms with Gasteiger partial charge in [0, 0.05) is 43.8 Å². The van der Waals surface area contributed by atoms with Crippen LogP contribution in [0.5, 0.6) is 0 Å². The number of rotatable bonds is 0. The molecule has 42 heavy (non-hydrogen) atoms. The number of fused-ring (bicyclic) bond motifs is 20. The van der Waals surface area contributed by atoms with Gasteiger partial charge in [-0.1, -0.05) is 96.5 Å². The first-order valence-electron chi connectivity index (χ1n) is 13.1. The van der Waals surface area contributed by atoms with Crippen LogP contribution in [-0.2, 0) is 19.5 Å². The van der Waals surface area contributed by atoms with E-state index in [1.165, 1.54) is 0 Å². The van der Waals surface area contributed by atoms with Gasteiger partial charge in [0.2, 0.25) is 0 Å². The van der Waals surface area contributed by atoms with Crippen LogP contribution in [0.1, 0.15) is 0 Å². The molecule has 0 saturated heterocycles. The molecule has 8 nitrogen and oxygen atoms in total. The Morgan fingerprint density at radius 3 is 1.29 bits per heavy atom. The minimum Gasteiger partial charge on any atom is -0.324 e. The third kappa shape index (κ3) is 3.64. The van der Waals surface area contributed by atoms with Crippen LogP contribution >= 0.6 is 11.6 Å². The predicted octanol–water partition coefficient (Wildman–Crippen LogP) is 7.52. The van der Waals surface area contributed by atoms with Crippen molar-refractivity contribution < 1.29 is 19.5 Å². The van der Waals surface area contributed by atoms with E-state index in [-0.39, 0.29) is 19.5 Å². The van der Waals surface area contributed by atoms with Gasteiger partial charge in [0.05, 0.1) is 5.02 Å². The van der Waals surface area contributed by atoms with Crippen molar-refractivity contribution in [3.05, 3.63) is 96.0 Å². The molecule has 7 aromatic rings. The molecule has 0 saturated carbocycles. The second-order valence-electron chi connectivity index (χ2n) is 9.91. The molecule has 3 aromatic heterocycles. The number of hydrogen-bond acceptors (Lipinski definition) is 6. The number of benzene rings is 4. The van der Waals surface area contributed by atoms with Gasteiger partial charge in [-0.05, 0) is 6.07 Å². The molecule has 192 valence electrons. The van der Waals surface area contributed by atoms with Crippen molar-refractivity contribution in [2.75, 3.05) is 0 Å². The van der Waals surface area contributed by atoms with E-state index in [4.69, 9.17) is 41.5 Å². The van der Waals surface area contributed by atoms with Gasteiger partial charge in [0.25, 0.3) is 0 Å². The summed E-state index contributed by atoms with van der Waals surface area (Å²) in [5.41, 5.74) is 6.09. The average Bonchev–Trinajstić information content (AvgIpc) is 3.73. The maximum atomic E-state index is 6.73. The minimum atomic E-state index is 0. The fraction of sp³-hybridized carbons (Fsp3) is 0. The van der Waals surface area contributed by atoms with E-state index in [0.29, 0.717) is 50.9 Å². The van der Waals surface area contributed by atoms with E-state index in [0.717, 1.165) is 43.8 Å². The summed E-state index contributed by atoms with van der Waals surface area (Å²) in [6.07, 6.45) is 0. The number of nitrogens with zero attached hydrogens (tertiary/aromatic N) is 6. The topological polar surface area (TPSA) is 109 Å². The molecule has 0 unspecified atom stereocenters. The van der Waals surface area contributed by atoms with E-state index in [1.807, 2.05) is 91.0 Å². The molecule has 10 heteroatoms. The maximum absolute atomic E-state index is 6.73. The first-order chi connectivity index (χ1) is 20.2. The van der Waals surface area contributed by atoms with E-state index < -0.39 is 0 Å². The zero-order valence-electron chi connectivity index (χ0n) is 21.9. The molecule has 0 aliphatic carbocycles. The number of H-pyrrole nitrogens is 2. The van der Waals surface area contributed by atoms with Crippen molar-refractivity contribution in [1.29, 1.82) is 0 Å². The summed E-state index contributed by atoms with van der Waals surface area (Å²) in [6.45, 7) is 0. The van der Waals surface area contributed by atoms with Gasteiger partial charge in [-0.2, -0.15) is 0 Å². The maximum Gasteiger partial charge on any atom is 2.00 e. The first kappa shape index (κ1) is 24.9. The van der Waals surface area contributed by atoms with Crippen molar-refractivity contribution in [2.24, 2.45) is 0 Å². The Bertz CT molecular complexity index is 2410. The Kier molecular flexibility index (Phi) is 5.54.